The van der Waals surface area contributed by atoms with Gasteiger partial charge in [0.25, 0.3) is 0 Å². The Labute approximate surface area is 160 Å². The predicted molar refractivity (Wildman–Crippen MR) is 112 cm³/mol. The number of anilines is 2. The van der Waals surface area contributed by atoms with Crippen LogP contribution in [0.4, 0.5) is 11.6 Å². The number of benzene rings is 2. The highest BCUT2D eigenvalue weighted by molar-refractivity contribution is 7.21. The number of nitrogens with one attached hydrogen (secondary N) is 1. The van der Waals surface area contributed by atoms with E-state index in [-0.39, 0.29) is 5.78 Å². The van der Waals surface area contributed by atoms with Gasteiger partial charge in [0.1, 0.15) is 4.83 Å². The molecule has 5 nitrogen and oxygen atoms in total. The van der Waals surface area contributed by atoms with Gasteiger partial charge in [-0.3, -0.25) is 4.79 Å². The van der Waals surface area contributed by atoms with E-state index in [1.807, 2.05) is 30.3 Å². The average molecular weight is 374 g/mol. The van der Waals surface area contributed by atoms with Crippen molar-refractivity contribution in [2.75, 3.05) is 18.1 Å². The highest BCUT2D eigenvalue weighted by Gasteiger charge is 2.20. The molecule has 0 atom stereocenters. The van der Waals surface area contributed by atoms with Crippen molar-refractivity contribution in [2.45, 2.75) is 6.92 Å². The summed E-state index contributed by atoms with van der Waals surface area (Å²) in [5, 5.41) is 3.72. The van der Waals surface area contributed by atoms with Crippen LogP contribution in [-0.4, -0.2) is 22.8 Å². The van der Waals surface area contributed by atoms with Gasteiger partial charge in [-0.25, -0.2) is 9.97 Å². The van der Waals surface area contributed by atoms with E-state index in [0.29, 0.717) is 21.3 Å². The van der Waals surface area contributed by atoms with E-state index in [4.69, 9.17) is 5.73 Å². The summed E-state index contributed by atoms with van der Waals surface area (Å²) < 4.78 is 0. The van der Waals surface area contributed by atoms with Gasteiger partial charge in [0, 0.05) is 19.5 Å². The lowest BCUT2D eigenvalue weighted by molar-refractivity contribution is 0.102. The Bertz CT molecular complexity index is 1150. The van der Waals surface area contributed by atoms with Gasteiger partial charge in [0.15, 0.2) is 5.78 Å². The summed E-state index contributed by atoms with van der Waals surface area (Å²) in [6, 6.07) is 18.3. The molecule has 0 fully saturated rings. The van der Waals surface area contributed by atoms with Crippen LogP contribution < -0.4 is 11.1 Å². The zero-order chi connectivity index (χ0) is 19.0. The molecule has 0 aliphatic carbocycles. The maximum Gasteiger partial charge on any atom is 0.224 e. The number of rotatable bonds is 4. The van der Waals surface area contributed by atoms with Crippen LogP contribution in [-0.2, 0) is 0 Å². The normalized spacial score (nSPS) is 10.9. The van der Waals surface area contributed by atoms with Gasteiger partial charge in [-0.05, 0) is 17.2 Å². The van der Waals surface area contributed by atoms with Crippen LogP contribution in [0.1, 0.15) is 16.6 Å². The molecule has 0 saturated heterocycles. The number of hydrogen-bond donors (Lipinski definition) is 2. The molecule has 134 valence electrons. The first-order valence-corrected chi connectivity index (χ1v) is 9.34. The first kappa shape index (κ1) is 17.2. The van der Waals surface area contributed by atoms with E-state index in [9.17, 15) is 4.79 Å². The fourth-order valence-corrected chi connectivity index (χ4v) is 4.07. The predicted octanol–water partition coefficient (Wildman–Crippen LogP) is 4.85. The van der Waals surface area contributed by atoms with Gasteiger partial charge >= 0.3 is 0 Å². The van der Waals surface area contributed by atoms with Crippen LogP contribution >= 0.6 is 11.3 Å². The van der Waals surface area contributed by atoms with Crippen molar-refractivity contribution >= 4 is 39.0 Å². The number of nitrogen functional groups attached to an aromatic ring is 1. The van der Waals surface area contributed by atoms with Gasteiger partial charge in [0.05, 0.1) is 21.6 Å². The molecule has 4 rings (SSSR count). The maximum atomic E-state index is 11.9. The van der Waals surface area contributed by atoms with Crippen LogP contribution in [0.3, 0.4) is 0 Å². The van der Waals surface area contributed by atoms with E-state index in [1.165, 1.54) is 18.3 Å². The first-order valence-electron chi connectivity index (χ1n) is 8.53. The van der Waals surface area contributed by atoms with Crippen molar-refractivity contribution in [1.29, 1.82) is 0 Å². The topological polar surface area (TPSA) is 80.9 Å². The van der Waals surface area contributed by atoms with Crippen LogP contribution in [0.2, 0.25) is 0 Å². The SMILES string of the molecule is CNc1nc(-c2cccc(-c3ccccc3)c2)c2c(N)c(C(C)=O)sc2n1. The van der Waals surface area contributed by atoms with Gasteiger partial charge in [-0.15, -0.1) is 11.3 Å². The highest BCUT2D eigenvalue weighted by Crippen LogP contribution is 2.39. The number of fused-ring (bicyclic) bond motifs is 1. The molecule has 2 aromatic carbocycles. The minimum absolute atomic E-state index is 0.0644. The van der Waals surface area contributed by atoms with E-state index in [0.717, 1.165) is 27.8 Å². The molecule has 2 aromatic heterocycles. The van der Waals surface area contributed by atoms with Crippen LogP contribution in [0, 0.1) is 0 Å². The molecule has 2 heterocycles. The number of carbonyl (C=O) groups excluding carboxylic acids is 1. The number of Topliss-reactive ketones (excluding diaryl/α,β-unsaturated/α-hetero) is 1. The zero-order valence-electron chi connectivity index (χ0n) is 15.0. The van der Waals surface area contributed by atoms with Gasteiger partial charge in [0.2, 0.25) is 5.95 Å². The Morgan fingerprint density at radius 1 is 1.00 bits per heavy atom. The number of nitrogens with two attached hydrogens (primary N) is 1. The zero-order valence-corrected chi connectivity index (χ0v) is 15.8. The second-order valence-corrected chi connectivity index (χ2v) is 7.17. The smallest absolute Gasteiger partial charge is 0.224 e. The molecular formula is C21H18N4OS. The highest BCUT2D eigenvalue weighted by atomic mass is 32.1. The minimum Gasteiger partial charge on any atom is -0.397 e. The Hall–Kier alpha value is -3.25. The molecule has 0 bridgehead atoms. The number of hydrogen-bond acceptors (Lipinski definition) is 6. The quantitative estimate of drug-likeness (QED) is 0.499. The van der Waals surface area contributed by atoms with Gasteiger partial charge < -0.3 is 11.1 Å². The van der Waals surface area contributed by atoms with Crippen molar-refractivity contribution in [3.05, 3.63) is 59.5 Å². The third-order valence-electron chi connectivity index (χ3n) is 4.38. The standard InChI is InChI=1S/C21H18N4OS/c1-12(26)19-17(22)16-18(24-21(23-2)25-20(16)27-19)15-10-6-9-14(11-15)13-7-4-3-5-8-13/h3-11H,22H2,1-2H3,(H,23,24,25). The third-order valence-corrected chi connectivity index (χ3v) is 5.58. The monoisotopic (exact) mass is 374 g/mol. The average Bonchev–Trinajstić information content (AvgIpc) is 3.05. The summed E-state index contributed by atoms with van der Waals surface area (Å²) in [4.78, 5) is 22.3. The van der Waals surface area contributed by atoms with E-state index < -0.39 is 0 Å². The van der Waals surface area contributed by atoms with E-state index in [1.54, 1.807) is 7.05 Å². The largest absolute Gasteiger partial charge is 0.397 e. The lowest BCUT2D eigenvalue weighted by Gasteiger charge is -2.09. The van der Waals surface area contributed by atoms with E-state index in [2.05, 4.69) is 39.6 Å². The number of carbonyl (C=O) groups is 1. The number of ketones is 1. The van der Waals surface area contributed by atoms with Crippen molar-refractivity contribution in [1.82, 2.24) is 9.97 Å². The molecular weight excluding hydrogens is 356 g/mol. The fourth-order valence-electron chi connectivity index (χ4n) is 3.08. The molecule has 0 saturated carbocycles. The molecule has 0 aliphatic heterocycles. The second kappa shape index (κ2) is 6.81. The van der Waals surface area contributed by atoms with Crippen molar-refractivity contribution < 1.29 is 4.79 Å². The second-order valence-electron chi connectivity index (χ2n) is 6.17. The van der Waals surface area contributed by atoms with Gasteiger partial charge in [-0.2, -0.15) is 0 Å². The van der Waals surface area contributed by atoms with Crippen molar-refractivity contribution in [3.63, 3.8) is 0 Å². The van der Waals surface area contributed by atoms with E-state index >= 15 is 0 Å². The summed E-state index contributed by atoms with van der Waals surface area (Å²) in [7, 11) is 1.77. The summed E-state index contributed by atoms with van der Waals surface area (Å²) in [5.41, 5.74) is 10.6. The Morgan fingerprint density at radius 2 is 1.70 bits per heavy atom. The molecule has 0 unspecified atom stereocenters. The molecule has 0 amide bonds. The molecule has 0 radical (unpaired) electrons. The van der Waals surface area contributed by atoms with Crippen molar-refractivity contribution in [3.8, 4) is 22.4 Å². The lowest BCUT2D eigenvalue weighted by atomic mass is 10.0. The van der Waals surface area contributed by atoms with Crippen LogP contribution in [0.5, 0.6) is 0 Å². The minimum atomic E-state index is -0.0644. The first-order chi connectivity index (χ1) is 13.1. The third kappa shape index (κ3) is 3.04. The summed E-state index contributed by atoms with van der Waals surface area (Å²) in [6.07, 6.45) is 0. The molecule has 0 aliphatic rings. The molecule has 6 heteroatoms. The summed E-state index contributed by atoms with van der Waals surface area (Å²) >= 11 is 1.31. The molecule has 4 aromatic rings. The lowest BCUT2D eigenvalue weighted by Crippen LogP contribution is -1.99. The summed E-state index contributed by atoms with van der Waals surface area (Å²) in [6.45, 7) is 1.52. The number of thiophene rings is 1. The Balaban J connectivity index is 1.97. The maximum absolute atomic E-state index is 11.9. The fraction of sp³-hybridized carbons (Fsp3) is 0.0952. The Kier molecular flexibility index (Phi) is 4.33. The molecule has 0 spiro atoms. The van der Waals surface area contributed by atoms with Crippen LogP contribution in [0.25, 0.3) is 32.6 Å². The summed E-state index contributed by atoms with van der Waals surface area (Å²) in [5.74, 6) is 0.435. The van der Waals surface area contributed by atoms with Crippen LogP contribution in [0.15, 0.2) is 54.6 Å². The molecule has 3 N–H and O–H groups in total. The number of nitrogens with zero attached hydrogens (tertiary/aromatic N) is 2. The Morgan fingerprint density at radius 3 is 2.41 bits per heavy atom. The molecule has 27 heavy (non-hydrogen) atoms. The van der Waals surface area contributed by atoms with Gasteiger partial charge in [-0.1, -0.05) is 48.5 Å². The van der Waals surface area contributed by atoms with Crippen molar-refractivity contribution in [2.24, 2.45) is 0 Å². The number of aromatic nitrogens is 2.